The smallest absolute Gasteiger partial charge is 0.407 e. The number of carbonyl (C=O) groups excluding carboxylic acids is 1. The molecule has 1 amide bonds. The topological polar surface area (TPSA) is 107 Å². The maximum absolute atomic E-state index is 13.6. The minimum Gasteiger partial charge on any atom is -0.444 e. The van der Waals surface area contributed by atoms with Crippen molar-refractivity contribution in [2.45, 2.75) is 38.8 Å². The summed E-state index contributed by atoms with van der Waals surface area (Å²) in [5.41, 5.74) is 5.11. The number of benzene rings is 1. The highest BCUT2D eigenvalue weighted by atomic mass is 19.1. The Morgan fingerprint density at radius 1 is 1.50 bits per heavy atom. The molecule has 0 spiro atoms. The highest BCUT2D eigenvalue weighted by Gasteiger charge is 2.18. The lowest BCUT2D eigenvalue weighted by molar-refractivity contribution is -0.385. The Morgan fingerprint density at radius 2 is 2.14 bits per heavy atom. The van der Waals surface area contributed by atoms with Gasteiger partial charge in [-0.3, -0.25) is 10.1 Å². The summed E-state index contributed by atoms with van der Waals surface area (Å²) in [4.78, 5) is 21.5. The van der Waals surface area contributed by atoms with Crippen molar-refractivity contribution in [2.24, 2.45) is 5.73 Å². The van der Waals surface area contributed by atoms with Crippen LogP contribution in [-0.2, 0) is 11.2 Å². The molecule has 0 saturated carbocycles. The fourth-order valence-corrected chi connectivity index (χ4v) is 1.71. The molecule has 0 radical (unpaired) electrons. The second kappa shape index (κ2) is 7.17. The van der Waals surface area contributed by atoms with E-state index in [4.69, 9.17) is 10.5 Å². The lowest BCUT2D eigenvalue weighted by atomic mass is 10.1. The Labute approximate surface area is 127 Å². The zero-order valence-electron chi connectivity index (χ0n) is 12.8. The van der Waals surface area contributed by atoms with E-state index >= 15 is 0 Å². The minimum atomic E-state index is -0.625. The van der Waals surface area contributed by atoms with Crippen molar-refractivity contribution < 1.29 is 18.8 Å². The third-order valence-corrected chi connectivity index (χ3v) is 2.63. The molecule has 1 aromatic carbocycles. The zero-order valence-corrected chi connectivity index (χ0v) is 12.8. The van der Waals surface area contributed by atoms with Crippen LogP contribution in [0, 0.1) is 15.9 Å². The van der Waals surface area contributed by atoms with Gasteiger partial charge in [0.15, 0.2) is 0 Å². The third-order valence-electron chi connectivity index (χ3n) is 2.63. The number of halogens is 1. The molecule has 0 aliphatic rings. The van der Waals surface area contributed by atoms with E-state index in [1.165, 1.54) is 0 Å². The van der Waals surface area contributed by atoms with Crippen LogP contribution in [0.5, 0.6) is 0 Å². The van der Waals surface area contributed by atoms with Crippen molar-refractivity contribution >= 4 is 11.8 Å². The van der Waals surface area contributed by atoms with Gasteiger partial charge in [0, 0.05) is 24.7 Å². The zero-order chi connectivity index (χ0) is 16.9. The fourth-order valence-electron chi connectivity index (χ4n) is 1.71. The van der Waals surface area contributed by atoms with Crippen LogP contribution >= 0.6 is 0 Å². The van der Waals surface area contributed by atoms with E-state index in [9.17, 15) is 19.3 Å². The second-order valence-electron chi connectivity index (χ2n) is 5.88. The monoisotopic (exact) mass is 313 g/mol. The molecule has 8 heteroatoms. The van der Waals surface area contributed by atoms with Gasteiger partial charge in [-0.2, -0.15) is 0 Å². The number of alkyl carbamates (subject to hydrolysis) is 1. The number of rotatable bonds is 5. The average Bonchev–Trinajstić information content (AvgIpc) is 2.36. The summed E-state index contributed by atoms with van der Waals surface area (Å²) >= 11 is 0. The molecule has 1 rings (SSSR count). The molecule has 0 aromatic heterocycles. The molecule has 1 unspecified atom stereocenters. The molecule has 0 bridgehead atoms. The van der Waals surface area contributed by atoms with Gasteiger partial charge in [-0.15, -0.1) is 0 Å². The first kappa shape index (κ1) is 17.8. The average molecular weight is 313 g/mol. The number of carbonyl (C=O) groups is 1. The maximum atomic E-state index is 13.6. The number of nitrogens with zero attached hydrogens (tertiary/aromatic N) is 1. The number of hydrogen-bond acceptors (Lipinski definition) is 5. The van der Waals surface area contributed by atoms with Crippen molar-refractivity contribution in [1.29, 1.82) is 0 Å². The minimum absolute atomic E-state index is 0.0588. The number of non-ortho nitro benzene ring substituents is 1. The first-order valence-corrected chi connectivity index (χ1v) is 6.74. The molecule has 22 heavy (non-hydrogen) atoms. The van der Waals surface area contributed by atoms with Crippen LogP contribution in [0.1, 0.15) is 26.3 Å². The van der Waals surface area contributed by atoms with Gasteiger partial charge in [-0.1, -0.05) is 0 Å². The Kier molecular flexibility index (Phi) is 5.81. The van der Waals surface area contributed by atoms with Crippen molar-refractivity contribution in [1.82, 2.24) is 5.32 Å². The lowest BCUT2D eigenvalue weighted by Crippen LogP contribution is -2.41. The Morgan fingerprint density at radius 3 is 2.68 bits per heavy atom. The first-order chi connectivity index (χ1) is 10.1. The van der Waals surface area contributed by atoms with Crippen molar-refractivity contribution in [3.05, 3.63) is 39.7 Å². The number of ether oxygens (including phenoxy) is 1. The van der Waals surface area contributed by atoms with Gasteiger partial charge in [-0.05, 0) is 38.8 Å². The van der Waals surface area contributed by atoms with E-state index in [0.29, 0.717) is 0 Å². The van der Waals surface area contributed by atoms with E-state index in [-0.39, 0.29) is 24.2 Å². The molecule has 1 atom stereocenters. The molecule has 0 aliphatic heterocycles. The number of nitro groups is 1. The van der Waals surface area contributed by atoms with Gasteiger partial charge >= 0.3 is 6.09 Å². The van der Waals surface area contributed by atoms with Crippen molar-refractivity contribution in [3.63, 3.8) is 0 Å². The lowest BCUT2D eigenvalue weighted by Gasteiger charge is -2.20. The highest BCUT2D eigenvalue weighted by Crippen LogP contribution is 2.17. The molecule has 0 saturated heterocycles. The fraction of sp³-hybridized carbons (Fsp3) is 0.500. The third kappa shape index (κ3) is 6.04. The number of nitrogens with two attached hydrogens (primary N) is 1. The highest BCUT2D eigenvalue weighted by molar-refractivity contribution is 5.67. The van der Waals surface area contributed by atoms with Gasteiger partial charge in [0.25, 0.3) is 5.69 Å². The van der Waals surface area contributed by atoms with Crippen LogP contribution in [0.15, 0.2) is 18.2 Å². The summed E-state index contributed by atoms with van der Waals surface area (Å²) < 4.78 is 18.7. The Balaban J connectivity index is 2.58. The van der Waals surface area contributed by atoms with Crippen LogP contribution in [0.2, 0.25) is 0 Å². The number of nitrogens with one attached hydrogen (secondary N) is 1. The summed E-state index contributed by atoms with van der Waals surface area (Å²) in [7, 11) is 0. The number of amides is 1. The first-order valence-electron chi connectivity index (χ1n) is 6.74. The quantitative estimate of drug-likeness (QED) is 0.639. The molecular formula is C14H20FN3O4. The SMILES string of the molecule is CC(C)(C)OC(=O)NCC(N)Cc1cc([N+](=O)[O-])ccc1F. The van der Waals surface area contributed by atoms with Crippen LogP contribution in [0.25, 0.3) is 0 Å². The second-order valence-corrected chi connectivity index (χ2v) is 5.88. The summed E-state index contributed by atoms with van der Waals surface area (Å²) in [6, 6.07) is 2.66. The molecule has 3 N–H and O–H groups in total. The number of hydrogen-bond donors (Lipinski definition) is 2. The Hall–Kier alpha value is -2.22. The molecule has 0 fully saturated rings. The predicted molar refractivity (Wildman–Crippen MR) is 79.0 cm³/mol. The van der Waals surface area contributed by atoms with Gasteiger partial charge in [0.2, 0.25) is 0 Å². The summed E-state index contributed by atoms with van der Waals surface area (Å²) in [5, 5.41) is 13.1. The van der Waals surface area contributed by atoms with E-state index in [1.54, 1.807) is 20.8 Å². The van der Waals surface area contributed by atoms with E-state index in [0.717, 1.165) is 18.2 Å². The van der Waals surface area contributed by atoms with Crippen molar-refractivity contribution in [2.75, 3.05) is 6.54 Å². The van der Waals surface area contributed by atoms with Crippen LogP contribution in [-0.4, -0.2) is 29.2 Å². The normalized spacial score (nSPS) is 12.6. The van der Waals surface area contributed by atoms with Gasteiger partial charge in [0.1, 0.15) is 11.4 Å². The largest absolute Gasteiger partial charge is 0.444 e. The van der Waals surface area contributed by atoms with Crippen LogP contribution < -0.4 is 11.1 Å². The summed E-state index contributed by atoms with van der Waals surface area (Å²) in [6.07, 6.45) is -0.564. The molecule has 7 nitrogen and oxygen atoms in total. The van der Waals surface area contributed by atoms with E-state index in [1.807, 2.05) is 0 Å². The van der Waals surface area contributed by atoms with Gasteiger partial charge in [0.05, 0.1) is 4.92 Å². The van der Waals surface area contributed by atoms with Gasteiger partial charge < -0.3 is 15.8 Å². The molecular weight excluding hydrogens is 293 g/mol. The maximum Gasteiger partial charge on any atom is 0.407 e. The van der Waals surface area contributed by atoms with E-state index < -0.39 is 28.5 Å². The van der Waals surface area contributed by atoms with Crippen LogP contribution in [0.3, 0.4) is 0 Å². The number of nitro benzene ring substituents is 1. The molecule has 122 valence electrons. The molecule has 0 aliphatic carbocycles. The van der Waals surface area contributed by atoms with Crippen LogP contribution in [0.4, 0.5) is 14.9 Å². The summed E-state index contributed by atoms with van der Waals surface area (Å²) in [6.45, 7) is 5.25. The van der Waals surface area contributed by atoms with Gasteiger partial charge in [-0.25, -0.2) is 9.18 Å². The summed E-state index contributed by atoms with van der Waals surface area (Å²) in [5.74, 6) is -0.571. The van der Waals surface area contributed by atoms with E-state index in [2.05, 4.69) is 5.32 Å². The Bertz CT molecular complexity index is 558. The molecule has 1 aromatic rings. The molecule has 0 heterocycles. The predicted octanol–water partition coefficient (Wildman–Crippen LogP) is 2.13. The van der Waals surface area contributed by atoms with Crippen molar-refractivity contribution in [3.8, 4) is 0 Å². The standard InChI is InChI=1S/C14H20FN3O4/c1-14(2,3)22-13(19)17-8-10(16)6-9-7-11(18(20)21)4-5-12(9)15/h4-5,7,10H,6,8,16H2,1-3H3,(H,17,19).